The topological polar surface area (TPSA) is 51.0 Å². The van der Waals surface area contributed by atoms with Crippen LogP contribution in [0.1, 0.15) is 42.5 Å². The molecule has 0 N–H and O–H groups in total. The predicted octanol–water partition coefficient (Wildman–Crippen LogP) is 2.24. The lowest BCUT2D eigenvalue weighted by atomic mass is 9.97. The highest BCUT2D eigenvalue weighted by atomic mass is 32.1. The third-order valence-corrected chi connectivity index (χ3v) is 5.66. The van der Waals surface area contributed by atoms with Crippen molar-refractivity contribution in [2.75, 3.05) is 6.54 Å². The van der Waals surface area contributed by atoms with Gasteiger partial charge in [0.25, 0.3) is 5.56 Å². The van der Waals surface area contributed by atoms with Crippen molar-refractivity contribution in [3.63, 3.8) is 0 Å². The van der Waals surface area contributed by atoms with Gasteiger partial charge in [0.15, 0.2) is 0 Å². The molecule has 3 heterocycles. The molecule has 0 amide bonds. The first-order chi connectivity index (χ1) is 11.3. The predicted molar refractivity (Wildman–Crippen MR) is 90.7 cm³/mol. The molecule has 0 radical (unpaired) electrons. The smallest absolute Gasteiger partial charge is 0.267 e. The molecule has 1 aliphatic heterocycles. The van der Waals surface area contributed by atoms with Crippen LogP contribution in [0.15, 0.2) is 22.4 Å². The van der Waals surface area contributed by atoms with Gasteiger partial charge in [0.1, 0.15) is 0 Å². The Kier molecular flexibility index (Phi) is 4.27. The van der Waals surface area contributed by atoms with Crippen LogP contribution in [-0.4, -0.2) is 31.6 Å². The van der Waals surface area contributed by atoms with Gasteiger partial charge in [0.05, 0.1) is 12.2 Å². The van der Waals surface area contributed by atoms with Crippen LogP contribution in [0.4, 0.5) is 0 Å². The van der Waals surface area contributed by atoms with E-state index in [0.29, 0.717) is 12.6 Å². The van der Waals surface area contributed by atoms with Crippen LogP contribution < -0.4 is 5.56 Å². The number of nitrogens with zero attached hydrogens (tertiary/aromatic N) is 4. The van der Waals surface area contributed by atoms with Crippen LogP contribution >= 0.6 is 11.5 Å². The Hall–Kier alpha value is -1.53. The van der Waals surface area contributed by atoms with Gasteiger partial charge in [0, 0.05) is 30.2 Å². The number of aromatic nitrogens is 3. The molecule has 1 fully saturated rings. The van der Waals surface area contributed by atoms with Crippen molar-refractivity contribution in [2.24, 2.45) is 0 Å². The molecule has 4 rings (SSSR count). The Balaban J connectivity index is 1.51. The fourth-order valence-corrected chi connectivity index (χ4v) is 4.31. The molecule has 2 aromatic rings. The molecule has 122 valence electrons. The van der Waals surface area contributed by atoms with Crippen LogP contribution in [0.2, 0.25) is 0 Å². The summed E-state index contributed by atoms with van der Waals surface area (Å²) in [5.41, 5.74) is 3.65. The minimum atomic E-state index is 0.0645. The van der Waals surface area contributed by atoms with Crippen LogP contribution in [-0.2, 0) is 25.9 Å². The molecule has 1 unspecified atom stereocenters. The zero-order valence-electron chi connectivity index (χ0n) is 13.3. The Morgan fingerprint density at radius 1 is 1.26 bits per heavy atom. The minimum Gasteiger partial charge on any atom is -0.294 e. The van der Waals surface area contributed by atoms with Crippen molar-refractivity contribution in [3.05, 3.63) is 44.8 Å². The van der Waals surface area contributed by atoms with Gasteiger partial charge in [0.2, 0.25) is 0 Å². The molecule has 0 saturated carbocycles. The highest BCUT2D eigenvalue weighted by Crippen LogP contribution is 2.22. The highest BCUT2D eigenvalue weighted by Gasteiger charge is 2.26. The summed E-state index contributed by atoms with van der Waals surface area (Å²) < 4.78 is 5.89. The van der Waals surface area contributed by atoms with Crippen molar-refractivity contribution in [2.45, 2.75) is 57.7 Å². The third kappa shape index (κ3) is 3.23. The standard InChI is InChI=1S/C17H22N4OS/c22-17-8-14-4-1-2-6-16(14)19-21(17)11-15-5-3-7-20(15)10-13-9-18-23-12-13/h8-9,12,15H,1-7,10-11H2. The molecule has 1 atom stereocenters. The van der Waals surface area contributed by atoms with Gasteiger partial charge in [-0.25, -0.2) is 9.06 Å². The van der Waals surface area contributed by atoms with Crippen LogP contribution in [0.5, 0.6) is 0 Å². The second kappa shape index (κ2) is 6.53. The Labute approximate surface area is 140 Å². The van der Waals surface area contributed by atoms with E-state index in [4.69, 9.17) is 0 Å². The Morgan fingerprint density at radius 2 is 2.17 bits per heavy atom. The maximum atomic E-state index is 12.4. The van der Waals surface area contributed by atoms with Crippen molar-refractivity contribution in [3.8, 4) is 0 Å². The number of hydrogen-bond donors (Lipinski definition) is 0. The van der Waals surface area contributed by atoms with Crippen molar-refractivity contribution < 1.29 is 0 Å². The number of aryl methyl sites for hydroxylation is 2. The fraction of sp³-hybridized carbons (Fsp3) is 0.588. The number of rotatable bonds is 4. The van der Waals surface area contributed by atoms with E-state index in [1.54, 1.807) is 4.68 Å². The summed E-state index contributed by atoms with van der Waals surface area (Å²) in [5.74, 6) is 0. The van der Waals surface area contributed by atoms with E-state index in [-0.39, 0.29) is 5.56 Å². The monoisotopic (exact) mass is 330 g/mol. The van der Waals surface area contributed by atoms with Crippen molar-refractivity contribution >= 4 is 11.5 Å². The normalized spacial score (nSPS) is 21.5. The van der Waals surface area contributed by atoms with Gasteiger partial charge in [-0.15, -0.1) is 0 Å². The average Bonchev–Trinajstić information content (AvgIpc) is 3.21. The van der Waals surface area contributed by atoms with Crippen LogP contribution in [0.25, 0.3) is 0 Å². The van der Waals surface area contributed by atoms with E-state index in [1.807, 2.05) is 12.3 Å². The van der Waals surface area contributed by atoms with E-state index in [2.05, 4.69) is 19.8 Å². The highest BCUT2D eigenvalue weighted by molar-refractivity contribution is 7.03. The summed E-state index contributed by atoms with van der Waals surface area (Å²) in [5, 5.41) is 6.78. The lowest BCUT2D eigenvalue weighted by molar-refractivity contribution is 0.216. The second-order valence-corrected chi connectivity index (χ2v) is 7.30. The summed E-state index contributed by atoms with van der Waals surface area (Å²) >= 11 is 1.50. The molecule has 1 aliphatic carbocycles. The number of hydrogen-bond acceptors (Lipinski definition) is 5. The van der Waals surface area contributed by atoms with E-state index < -0.39 is 0 Å². The summed E-state index contributed by atoms with van der Waals surface area (Å²) in [6.45, 7) is 2.74. The molecule has 0 bridgehead atoms. The summed E-state index contributed by atoms with van der Waals surface area (Å²) in [4.78, 5) is 14.8. The fourth-order valence-electron chi connectivity index (χ4n) is 3.78. The maximum absolute atomic E-state index is 12.4. The first-order valence-electron chi connectivity index (χ1n) is 8.52. The second-order valence-electron chi connectivity index (χ2n) is 6.64. The van der Waals surface area contributed by atoms with Gasteiger partial charge in [-0.1, -0.05) is 0 Å². The quantitative estimate of drug-likeness (QED) is 0.863. The Bertz CT molecular complexity index is 725. The summed E-state index contributed by atoms with van der Waals surface area (Å²) in [6, 6.07) is 2.23. The molecule has 2 aromatic heterocycles. The maximum Gasteiger partial charge on any atom is 0.267 e. The lowest BCUT2D eigenvalue weighted by Crippen LogP contribution is -2.37. The van der Waals surface area contributed by atoms with E-state index in [0.717, 1.165) is 38.0 Å². The van der Waals surface area contributed by atoms with Crippen LogP contribution in [0, 0.1) is 0 Å². The molecular formula is C17H22N4OS. The van der Waals surface area contributed by atoms with Gasteiger partial charge >= 0.3 is 0 Å². The SMILES string of the molecule is O=c1cc2c(nn1CC1CCCN1Cc1cnsc1)CCCC2. The molecule has 2 aliphatic rings. The molecule has 6 heteroatoms. The van der Waals surface area contributed by atoms with Crippen LogP contribution in [0.3, 0.4) is 0 Å². The number of likely N-dealkylation sites (tertiary alicyclic amines) is 1. The van der Waals surface area contributed by atoms with Crippen molar-refractivity contribution in [1.82, 2.24) is 19.1 Å². The molecular weight excluding hydrogens is 308 g/mol. The molecule has 1 saturated heterocycles. The first-order valence-corrected chi connectivity index (χ1v) is 9.35. The van der Waals surface area contributed by atoms with Crippen molar-refractivity contribution in [1.29, 1.82) is 0 Å². The Morgan fingerprint density at radius 3 is 3.04 bits per heavy atom. The van der Waals surface area contributed by atoms with E-state index >= 15 is 0 Å². The van der Waals surface area contributed by atoms with Gasteiger partial charge < -0.3 is 0 Å². The third-order valence-electron chi connectivity index (χ3n) is 5.03. The molecule has 5 nitrogen and oxygen atoms in total. The summed E-state index contributed by atoms with van der Waals surface area (Å²) in [7, 11) is 0. The molecule has 0 aromatic carbocycles. The average molecular weight is 330 g/mol. The molecule has 23 heavy (non-hydrogen) atoms. The molecule has 0 spiro atoms. The number of fused-ring (bicyclic) bond motifs is 1. The van der Waals surface area contributed by atoms with E-state index in [1.165, 1.54) is 41.9 Å². The van der Waals surface area contributed by atoms with Gasteiger partial charge in [-0.3, -0.25) is 9.69 Å². The van der Waals surface area contributed by atoms with Gasteiger partial charge in [-0.2, -0.15) is 5.10 Å². The summed E-state index contributed by atoms with van der Waals surface area (Å²) in [6.07, 6.45) is 8.69. The lowest BCUT2D eigenvalue weighted by Gasteiger charge is -2.25. The first kappa shape index (κ1) is 15.0. The van der Waals surface area contributed by atoms with Gasteiger partial charge in [-0.05, 0) is 67.7 Å². The minimum absolute atomic E-state index is 0.0645. The zero-order valence-corrected chi connectivity index (χ0v) is 14.1. The van der Waals surface area contributed by atoms with E-state index in [9.17, 15) is 4.79 Å². The largest absolute Gasteiger partial charge is 0.294 e. The zero-order chi connectivity index (χ0) is 15.6.